The van der Waals surface area contributed by atoms with E-state index in [1.54, 1.807) is 7.05 Å². The number of benzene rings is 1. The lowest BCUT2D eigenvalue weighted by atomic mass is 10.3. The van der Waals surface area contributed by atoms with Crippen LogP contribution >= 0.6 is 0 Å². The van der Waals surface area contributed by atoms with Gasteiger partial charge >= 0.3 is 0 Å². The largest absolute Gasteiger partial charge is 0.342 e. The molecule has 2 N–H and O–H groups in total. The van der Waals surface area contributed by atoms with Crippen LogP contribution in [-0.2, 0) is 16.6 Å². The molecule has 20 heavy (non-hydrogen) atoms. The van der Waals surface area contributed by atoms with Gasteiger partial charge in [-0.2, -0.15) is 12.7 Å². The van der Waals surface area contributed by atoms with Crippen molar-refractivity contribution >= 4 is 21.2 Å². The van der Waals surface area contributed by atoms with E-state index < -0.39 is 10.2 Å². The molecular formula is C13H20N4O2S. The molecule has 0 bridgehead atoms. The number of aromatic nitrogens is 2. The van der Waals surface area contributed by atoms with Crippen molar-refractivity contribution < 1.29 is 8.42 Å². The van der Waals surface area contributed by atoms with E-state index in [2.05, 4.69) is 14.7 Å². The van der Waals surface area contributed by atoms with Gasteiger partial charge in [0, 0.05) is 26.1 Å². The summed E-state index contributed by atoms with van der Waals surface area (Å²) in [5.74, 6) is 0.779. The summed E-state index contributed by atoms with van der Waals surface area (Å²) >= 11 is 0. The lowest BCUT2D eigenvalue weighted by molar-refractivity contribution is 0.402. The van der Waals surface area contributed by atoms with Crippen LogP contribution in [0.1, 0.15) is 19.7 Å². The molecule has 7 heteroatoms. The number of hydrogen-bond donors (Lipinski definition) is 2. The van der Waals surface area contributed by atoms with Gasteiger partial charge in [0.2, 0.25) is 0 Å². The number of fused-ring (bicyclic) bond motifs is 1. The molecule has 0 saturated heterocycles. The van der Waals surface area contributed by atoms with Gasteiger partial charge in [0.15, 0.2) is 0 Å². The summed E-state index contributed by atoms with van der Waals surface area (Å²) in [6.07, 6.45) is 0.528. The first-order chi connectivity index (χ1) is 9.40. The average molecular weight is 296 g/mol. The van der Waals surface area contributed by atoms with Gasteiger partial charge in [0.1, 0.15) is 5.82 Å². The van der Waals surface area contributed by atoms with Crippen LogP contribution < -0.4 is 4.72 Å². The summed E-state index contributed by atoms with van der Waals surface area (Å²) < 4.78 is 27.7. The second-order valence-electron chi connectivity index (χ2n) is 4.96. The number of H-pyrrole nitrogens is 1. The van der Waals surface area contributed by atoms with Crippen LogP contribution in [0.5, 0.6) is 0 Å². The molecule has 6 nitrogen and oxygen atoms in total. The fourth-order valence-electron chi connectivity index (χ4n) is 1.80. The molecule has 0 amide bonds. The molecule has 0 saturated carbocycles. The summed E-state index contributed by atoms with van der Waals surface area (Å²) in [5.41, 5.74) is 1.86. The van der Waals surface area contributed by atoms with E-state index in [4.69, 9.17) is 0 Å². The van der Waals surface area contributed by atoms with Crippen molar-refractivity contribution in [3.05, 3.63) is 30.1 Å². The second kappa shape index (κ2) is 5.90. The first-order valence-electron chi connectivity index (χ1n) is 6.56. The van der Waals surface area contributed by atoms with E-state index in [1.165, 1.54) is 4.31 Å². The Balaban J connectivity index is 1.96. The number of nitrogens with one attached hydrogen (secondary N) is 2. The van der Waals surface area contributed by atoms with Crippen molar-refractivity contribution in [2.75, 3.05) is 13.6 Å². The second-order valence-corrected chi connectivity index (χ2v) is 6.77. The maximum absolute atomic E-state index is 11.9. The van der Waals surface area contributed by atoms with Crippen molar-refractivity contribution in [3.63, 3.8) is 0 Å². The number of para-hydroxylation sites is 2. The molecule has 0 aliphatic carbocycles. The number of imidazole rings is 1. The average Bonchev–Trinajstić information content (AvgIpc) is 2.79. The Bertz CT molecular complexity index is 645. The molecule has 0 aliphatic rings. The molecule has 0 unspecified atom stereocenters. The van der Waals surface area contributed by atoms with Crippen LogP contribution in [-0.4, -0.2) is 42.3 Å². The van der Waals surface area contributed by atoms with Gasteiger partial charge in [-0.15, -0.1) is 0 Å². The monoisotopic (exact) mass is 296 g/mol. The molecule has 1 aromatic heterocycles. The first kappa shape index (κ1) is 15.0. The summed E-state index contributed by atoms with van der Waals surface area (Å²) in [7, 11) is -1.85. The normalized spacial score (nSPS) is 12.7. The zero-order valence-electron chi connectivity index (χ0n) is 11.9. The highest BCUT2D eigenvalue weighted by Crippen LogP contribution is 2.10. The SMILES string of the molecule is CC(C)N(C)S(=O)(=O)NCCc1nc2ccccc2[nH]1. The number of hydrogen-bond acceptors (Lipinski definition) is 3. The van der Waals surface area contributed by atoms with Crippen molar-refractivity contribution in [2.45, 2.75) is 26.3 Å². The summed E-state index contributed by atoms with van der Waals surface area (Å²) in [4.78, 5) is 7.58. The Morgan fingerprint density at radius 1 is 1.35 bits per heavy atom. The lowest BCUT2D eigenvalue weighted by Crippen LogP contribution is -2.42. The minimum absolute atomic E-state index is 0.0706. The third-order valence-corrected chi connectivity index (χ3v) is 4.94. The molecule has 110 valence electrons. The summed E-state index contributed by atoms with van der Waals surface area (Å²) in [5, 5.41) is 0. The van der Waals surface area contributed by atoms with Gasteiger partial charge in [-0.25, -0.2) is 9.71 Å². The van der Waals surface area contributed by atoms with Gasteiger partial charge in [-0.1, -0.05) is 12.1 Å². The topological polar surface area (TPSA) is 78.1 Å². The van der Waals surface area contributed by atoms with E-state index in [-0.39, 0.29) is 6.04 Å². The minimum atomic E-state index is -3.42. The lowest BCUT2D eigenvalue weighted by Gasteiger charge is -2.20. The third-order valence-electron chi connectivity index (χ3n) is 3.19. The molecule has 0 radical (unpaired) electrons. The van der Waals surface area contributed by atoms with Gasteiger partial charge in [0.05, 0.1) is 11.0 Å². The Kier molecular flexibility index (Phi) is 4.42. The highest BCUT2D eigenvalue weighted by atomic mass is 32.2. The predicted molar refractivity (Wildman–Crippen MR) is 79.6 cm³/mol. The zero-order valence-corrected chi connectivity index (χ0v) is 12.7. The number of rotatable bonds is 6. The third kappa shape index (κ3) is 3.36. The van der Waals surface area contributed by atoms with Crippen LogP contribution in [0.3, 0.4) is 0 Å². The van der Waals surface area contributed by atoms with Crippen molar-refractivity contribution in [1.82, 2.24) is 19.0 Å². The molecular weight excluding hydrogens is 276 g/mol. The Morgan fingerprint density at radius 3 is 2.70 bits per heavy atom. The molecule has 0 atom stereocenters. The molecule has 0 fully saturated rings. The van der Waals surface area contributed by atoms with Crippen LogP contribution in [0.2, 0.25) is 0 Å². The van der Waals surface area contributed by atoms with Gasteiger partial charge in [-0.05, 0) is 26.0 Å². The van der Waals surface area contributed by atoms with Crippen molar-refractivity contribution in [2.24, 2.45) is 0 Å². The van der Waals surface area contributed by atoms with Crippen LogP contribution in [0.4, 0.5) is 0 Å². The van der Waals surface area contributed by atoms with Gasteiger partial charge < -0.3 is 4.98 Å². The quantitative estimate of drug-likeness (QED) is 0.843. The van der Waals surface area contributed by atoms with E-state index in [9.17, 15) is 8.42 Å². The molecule has 1 heterocycles. The summed E-state index contributed by atoms with van der Waals surface area (Å²) in [6, 6.07) is 7.66. The number of nitrogens with zero attached hydrogens (tertiary/aromatic N) is 2. The predicted octanol–water partition coefficient (Wildman–Crippen LogP) is 1.28. The van der Waals surface area contributed by atoms with E-state index in [1.807, 2.05) is 38.1 Å². The smallest absolute Gasteiger partial charge is 0.279 e. The van der Waals surface area contributed by atoms with Crippen LogP contribution in [0.15, 0.2) is 24.3 Å². The first-order valence-corrected chi connectivity index (χ1v) is 8.00. The Hall–Kier alpha value is -1.44. The molecule has 2 aromatic rings. The van der Waals surface area contributed by atoms with E-state index in [0.29, 0.717) is 13.0 Å². The summed E-state index contributed by atoms with van der Waals surface area (Å²) in [6.45, 7) is 3.98. The fraction of sp³-hybridized carbons (Fsp3) is 0.462. The molecule has 0 aliphatic heterocycles. The minimum Gasteiger partial charge on any atom is -0.342 e. The Labute approximate surface area is 119 Å². The van der Waals surface area contributed by atoms with E-state index in [0.717, 1.165) is 16.9 Å². The van der Waals surface area contributed by atoms with Crippen molar-refractivity contribution in [3.8, 4) is 0 Å². The molecule has 2 rings (SSSR count). The zero-order chi connectivity index (χ0) is 14.8. The maximum atomic E-state index is 11.9. The number of aromatic amines is 1. The van der Waals surface area contributed by atoms with Gasteiger partial charge in [-0.3, -0.25) is 0 Å². The van der Waals surface area contributed by atoms with Crippen LogP contribution in [0, 0.1) is 0 Å². The van der Waals surface area contributed by atoms with Gasteiger partial charge in [0.25, 0.3) is 10.2 Å². The fourth-order valence-corrected chi connectivity index (χ4v) is 2.92. The molecule has 1 aromatic carbocycles. The highest BCUT2D eigenvalue weighted by Gasteiger charge is 2.19. The molecule has 0 spiro atoms. The maximum Gasteiger partial charge on any atom is 0.279 e. The Morgan fingerprint density at radius 2 is 2.05 bits per heavy atom. The van der Waals surface area contributed by atoms with E-state index >= 15 is 0 Å². The van der Waals surface area contributed by atoms with Crippen molar-refractivity contribution in [1.29, 1.82) is 0 Å². The van der Waals surface area contributed by atoms with Crippen LogP contribution in [0.25, 0.3) is 11.0 Å². The standard InChI is InChI=1S/C13H20N4O2S/c1-10(2)17(3)20(18,19)14-9-8-13-15-11-6-4-5-7-12(11)16-13/h4-7,10,14H,8-9H2,1-3H3,(H,15,16). The highest BCUT2D eigenvalue weighted by molar-refractivity contribution is 7.87.